The fourth-order valence-electron chi connectivity index (χ4n) is 3.36. The topological polar surface area (TPSA) is 82.1 Å². The maximum atomic E-state index is 12.8. The Morgan fingerprint density at radius 3 is 2.51 bits per heavy atom. The van der Waals surface area contributed by atoms with Crippen LogP contribution in [0.1, 0.15) is 30.5 Å². The molecule has 2 aromatic rings. The Kier molecular flexibility index (Phi) is 9.79. The van der Waals surface area contributed by atoms with E-state index in [0.29, 0.717) is 36.7 Å². The van der Waals surface area contributed by atoms with Gasteiger partial charge in [0, 0.05) is 9.13 Å². The zero-order valence-electron chi connectivity index (χ0n) is 19.5. The van der Waals surface area contributed by atoms with E-state index in [4.69, 9.17) is 14.2 Å². The Balaban J connectivity index is 1.89. The van der Waals surface area contributed by atoms with Gasteiger partial charge in [-0.2, -0.15) is 0 Å². The van der Waals surface area contributed by atoms with Crippen molar-refractivity contribution < 1.29 is 28.6 Å². The summed E-state index contributed by atoms with van der Waals surface area (Å²) in [7, 11) is 0. The highest BCUT2D eigenvalue weighted by atomic mass is 127. The molecule has 0 N–H and O–H groups in total. The molecular weight excluding hydrogens is 581 g/mol. The second-order valence-electron chi connectivity index (χ2n) is 7.42. The molecule has 0 atom stereocenters. The molecule has 2 aromatic carbocycles. The molecule has 0 aromatic heterocycles. The molecule has 35 heavy (non-hydrogen) atoms. The van der Waals surface area contributed by atoms with Crippen LogP contribution in [0.3, 0.4) is 0 Å². The van der Waals surface area contributed by atoms with Crippen LogP contribution in [0.4, 0.5) is 4.79 Å². The minimum Gasteiger partial charge on any atom is -0.490 e. The van der Waals surface area contributed by atoms with E-state index >= 15 is 0 Å². The number of ether oxygens (including phenoxy) is 3. The van der Waals surface area contributed by atoms with Crippen molar-refractivity contribution in [3.8, 4) is 11.5 Å². The van der Waals surface area contributed by atoms with Gasteiger partial charge in [0.15, 0.2) is 11.5 Å². The SMILES string of the molecule is C=CCc1cc(/C=C2/SC(=O)N(CC(=O)OCC)C2=O)cc(OCC)c1OCc1ccc(I)cc1. The van der Waals surface area contributed by atoms with Crippen LogP contribution in [0.5, 0.6) is 11.5 Å². The Morgan fingerprint density at radius 2 is 1.86 bits per heavy atom. The normalized spacial score (nSPS) is 14.4. The van der Waals surface area contributed by atoms with Gasteiger partial charge in [-0.05, 0) is 96.1 Å². The van der Waals surface area contributed by atoms with Gasteiger partial charge >= 0.3 is 5.97 Å². The lowest BCUT2D eigenvalue weighted by atomic mass is 10.0. The first-order valence-corrected chi connectivity index (χ1v) is 12.9. The van der Waals surface area contributed by atoms with Gasteiger partial charge in [0.2, 0.25) is 0 Å². The number of thioether (sulfide) groups is 1. The smallest absolute Gasteiger partial charge is 0.326 e. The lowest BCUT2D eigenvalue weighted by Gasteiger charge is -2.17. The van der Waals surface area contributed by atoms with Crippen molar-refractivity contribution in [3.05, 3.63) is 74.2 Å². The first-order chi connectivity index (χ1) is 16.9. The van der Waals surface area contributed by atoms with E-state index in [-0.39, 0.29) is 11.5 Å². The standard InChI is InChI=1S/C26H26INO6S/c1-4-7-19-12-18(14-22-25(30)28(26(31)35-22)15-23(29)33-6-3)13-21(32-5-2)24(19)34-16-17-8-10-20(27)11-9-17/h4,8-14H,1,5-7,15-16H2,2-3H3/b22-14+. The first-order valence-electron chi connectivity index (χ1n) is 11.0. The van der Waals surface area contributed by atoms with Gasteiger partial charge in [0.1, 0.15) is 13.2 Å². The highest BCUT2D eigenvalue weighted by Crippen LogP contribution is 2.37. The lowest BCUT2D eigenvalue weighted by Crippen LogP contribution is -2.34. The summed E-state index contributed by atoms with van der Waals surface area (Å²) in [5, 5.41) is -0.511. The summed E-state index contributed by atoms with van der Waals surface area (Å²) in [5.74, 6) is -0.0138. The Hall–Kier alpha value is -2.79. The number of hydrogen-bond donors (Lipinski definition) is 0. The summed E-state index contributed by atoms with van der Waals surface area (Å²) in [6.07, 6.45) is 3.90. The summed E-state index contributed by atoms with van der Waals surface area (Å²) in [6, 6.07) is 11.7. The van der Waals surface area contributed by atoms with E-state index in [1.54, 1.807) is 25.1 Å². The Labute approximate surface area is 222 Å². The number of halogens is 1. The van der Waals surface area contributed by atoms with Gasteiger partial charge in [-0.3, -0.25) is 19.3 Å². The third kappa shape index (κ3) is 7.11. The molecule has 0 unspecified atom stereocenters. The number of hydrogen-bond acceptors (Lipinski definition) is 7. The largest absolute Gasteiger partial charge is 0.490 e. The summed E-state index contributed by atoms with van der Waals surface area (Å²) in [6.45, 7) is 7.94. The molecular formula is C26H26INO6S. The molecule has 3 rings (SSSR count). The molecule has 2 amide bonds. The third-order valence-electron chi connectivity index (χ3n) is 4.88. The van der Waals surface area contributed by atoms with E-state index in [2.05, 4.69) is 29.2 Å². The predicted octanol–water partition coefficient (Wildman–Crippen LogP) is 5.60. The van der Waals surface area contributed by atoms with E-state index in [1.807, 2.05) is 37.3 Å². The van der Waals surface area contributed by atoms with Crippen LogP contribution in [0, 0.1) is 3.57 Å². The van der Waals surface area contributed by atoms with E-state index in [0.717, 1.165) is 31.4 Å². The molecule has 184 valence electrons. The molecule has 7 nitrogen and oxygen atoms in total. The van der Waals surface area contributed by atoms with Crippen molar-refractivity contribution in [2.24, 2.45) is 0 Å². The maximum absolute atomic E-state index is 12.8. The Morgan fingerprint density at radius 1 is 1.11 bits per heavy atom. The van der Waals surface area contributed by atoms with Crippen molar-refractivity contribution in [2.45, 2.75) is 26.9 Å². The minimum atomic E-state index is -0.627. The van der Waals surface area contributed by atoms with Crippen LogP contribution < -0.4 is 9.47 Å². The van der Waals surface area contributed by atoms with Crippen LogP contribution in [-0.2, 0) is 27.4 Å². The molecule has 1 fully saturated rings. The fourth-order valence-corrected chi connectivity index (χ4v) is 4.56. The second kappa shape index (κ2) is 12.8. The van der Waals surface area contributed by atoms with Gasteiger partial charge in [0.25, 0.3) is 11.1 Å². The van der Waals surface area contributed by atoms with Crippen molar-refractivity contribution in [1.82, 2.24) is 4.90 Å². The van der Waals surface area contributed by atoms with Crippen LogP contribution in [0.2, 0.25) is 0 Å². The number of benzene rings is 2. The number of rotatable bonds is 11. The summed E-state index contributed by atoms with van der Waals surface area (Å²) in [5.41, 5.74) is 2.54. The number of amides is 2. The van der Waals surface area contributed by atoms with Gasteiger partial charge in [-0.25, -0.2) is 0 Å². The highest BCUT2D eigenvalue weighted by molar-refractivity contribution is 14.1. The molecule has 1 saturated heterocycles. The average Bonchev–Trinajstić information content (AvgIpc) is 3.07. The Bertz CT molecular complexity index is 1150. The molecule has 1 aliphatic heterocycles. The van der Waals surface area contributed by atoms with Crippen LogP contribution in [0.25, 0.3) is 6.08 Å². The van der Waals surface area contributed by atoms with Crippen LogP contribution in [-0.4, -0.2) is 41.8 Å². The summed E-state index contributed by atoms with van der Waals surface area (Å²) in [4.78, 5) is 38.0. The zero-order valence-corrected chi connectivity index (χ0v) is 22.5. The molecule has 0 saturated carbocycles. The van der Waals surface area contributed by atoms with E-state index in [1.165, 1.54) is 0 Å². The zero-order chi connectivity index (χ0) is 25.4. The van der Waals surface area contributed by atoms with Crippen LogP contribution in [0.15, 0.2) is 54.0 Å². The predicted molar refractivity (Wildman–Crippen MR) is 144 cm³/mol. The number of imide groups is 1. The van der Waals surface area contributed by atoms with Gasteiger partial charge in [-0.1, -0.05) is 18.2 Å². The molecule has 0 radical (unpaired) electrons. The summed E-state index contributed by atoms with van der Waals surface area (Å²) >= 11 is 3.04. The maximum Gasteiger partial charge on any atom is 0.326 e. The number of esters is 1. The van der Waals surface area contributed by atoms with Crippen molar-refractivity contribution >= 4 is 57.5 Å². The lowest BCUT2D eigenvalue weighted by molar-refractivity contribution is -0.145. The number of allylic oxidation sites excluding steroid dienone is 1. The fraction of sp³-hybridized carbons (Fsp3) is 0.269. The minimum absolute atomic E-state index is 0.176. The van der Waals surface area contributed by atoms with E-state index < -0.39 is 23.7 Å². The quantitative estimate of drug-likeness (QED) is 0.143. The van der Waals surface area contributed by atoms with Crippen LogP contribution >= 0.6 is 34.4 Å². The summed E-state index contributed by atoms with van der Waals surface area (Å²) < 4.78 is 18.0. The number of nitrogens with zero attached hydrogens (tertiary/aromatic N) is 1. The molecule has 1 aliphatic rings. The average molecular weight is 607 g/mol. The van der Waals surface area contributed by atoms with Crippen molar-refractivity contribution in [2.75, 3.05) is 19.8 Å². The highest BCUT2D eigenvalue weighted by Gasteiger charge is 2.36. The molecule has 0 bridgehead atoms. The molecule has 1 heterocycles. The van der Waals surface area contributed by atoms with E-state index in [9.17, 15) is 14.4 Å². The second-order valence-corrected chi connectivity index (χ2v) is 9.66. The molecule has 0 aliphatic carbocycles. The van der Waals surface area contributed by atoms with Crippen molar-refractivity contribution in [1.29, 1.82) is 0 Å². The third-order valence-corrected chi connectivity index (χ3v) is 6.51. The number of carbonyl (C=O) groups is 3. The van der Waals surface area contributed by atoms with Gasteiger partial charge in [0.05, 0.1) is 18.1 Å². The van der Waals surface area contributed by atoms with Gasteiger partial charge in [-0.15, -0.1) is 6.58 Å². The van der Waals surface area contributed by atoms with Crippen molar-refractivity contribution in [3.63, 3.8) is 0 Å². The molecule has 9 heteroatoms. The molecule has 0 spiro atoms. The van der Waals surface area contributed by atoms with Gasteiger partial charge < -0.3 is 14.2 Å². The first kappa shape index (κ1) is 26.8. The monoisotopic (exact) mass is 607 g/mol. The number of carbonyl (C=O) groups excluding carboxylic acids is 3.